The monoisotopic (exact) mass is 404 g/mol. The first kappa shape index (κ1) is 22.5. The number of hydrogen-bond donors (Lipinski definition) is 1. The molecule has 1 saturated heterocycles. The first-order valence-electron chi connectivity index (χ1n) is 10.3. The van der Waals surface area contributed by atoms with Crippen molar-refractivity contribution in [3.8, 4) is 0 Å². The second kappa shape index (κ2) is 10.7. The van der Waals surface area contributed by atoms with Crippen molar-refractivity contribution in [2.24, 2.45) is 5.92 Å². The van der Waals surface area contributed by atoms with Crippen molar-refractivity contribution < 1.29 is 19.1 Å². The van der Waals surface area contributed by atoms with E-state index in [1.807, 2.05) is 18.7 Å². The van der Waals surface area contributed by atoms with Crippen LogP contribution in [0.25, 0.3) is 0 Å². The molecule has 0 saturated carbocycles. The number of urea groups is 1. The van der Waals surface area contributed by atoms with Crippen LogP contribution in [0.3, 0.4) is 0 Å². The summed E-state index contributed by atoms with van der Waals surface area (Å²) in [6.45, 7) is 8.58. The van der Waals surface area contributed by atoms with E-state index in [0.717, 1.165) is 0 Å². The van der Waals surface area contributed by atoms with Gasteiger partial charge in [-0.15, -0.1) is 0 Å². The van der Waals surface area contributed by atoms with Gasteiger partial charge in [0.15, 0.2) is 0 Å². The molecule has 1 heterocycles. The Morgan fingerprint density at radius 2 is 1.66 bits per heavy atom. The summed E-state index contributed by atoms with van der Waals surface area (Å²) in [7, 11) is 1.64. The highest BCUT2D eigenvalue weighted by Crippen LogP contribution is 2.22. The molecule has 0 aromatic heterocycles. The van der Waals surface area contributed by atoms with Crippen LogP contribution >= 0.6 is 0 Å². The lowest BCUT2D eigenvalue weighted by molar-refractivity contribution is -0.121. The van der Waals surface area contributed by atoms with Crippen molar-refractivity contribution in [3.63, 3.8) is 0 Å². The minimum absolute atomic E-state index is 0.0357. The van der Waals surface area contributed by atoms with E-state index in [0.29, 0.717) is 57.0 Å². The number of carbonyl (C=O) groups excluding carboxylic acids is 3. The van der Waals surface area contributed by atoms with Crippen molar-refractivity contribution >= 4 is 29.4 Å². The Bertz CT molecular complexity index is 695. The fraction of sp³-hybridized carbons (Fsp3) is 0.571. The minimum Gasteiger partial charge on any atom is -0.449 e. The largest absolute Gasteiger partial charge is 0.449 e. The first-order chi connectivity index (χ1) is 13.9. The van der Waals surface area contributed by atoms with Gasteiger partial charge in [0.25, 0.3) is 0 Å². The summed E-state index contributed by atoms with van der Waals surface area (Å²) in [6, 6.07) is 7.11. The van der Waals surface area contributed by atoms with Gasteiger partial charge in [0.2, 0.25) is 5.91 Å². The molecule has 8 heteroatoms. The predicted octanol–water partition coefficient (Wildman–Crippen LogP) is 3.39. The van der Waals surface area contributed by atoms with Gasteiger partial charge in [0.1, 0.15) is 0 Å². The van der Waals surface area contributed by atoms with Crippen molar-refractivity contribution in [3.05, 3.63) is 24.3 Å². The standard InChI is InChI=1S/C21H32N4O4/c1-5-24(6-2)20(27)25-14-12-16(13-15-25)19(26)22-17-8-10-18(11-9-17)23(4)21(28)29-7-3/h8-11,16H,5-7,12-15H2,1-4H3,(H,22,26). The Morgan fingerprint density at radius 1 is 1.07 bits per heavy atom. The Morgan fingerprint density at radius 3 is 2.17 bits per heavy atom. The van der Waals surface area contributed by atoms with Gasteiger partial charge in [0, 0.05) is 50.5 Å². The van der Waals surface area contributed by atoms with E-state index in [4.69, 9.17) is 4.74 Å². The lowest BCUT2D eigenvalue weighted by Gasteiger charge is -2.34. The Hall–Kier alpha value is -2.77. The number of piperidine rings is 1. The summed E-state index contributed by atoms with van der Waals surface area (Å²) < 4.78 is 4.97. The molecule has 8 nitrogen and oxygen atoms in total. The van der Waals surface area contributed by atoms with Gasteiger partial charge in [-0.05, 0) is 57.9 Å². The summed E-state index contributed by atoms with van der Waals surface area (Å²) in [5.41, 5.74) is 1.36. The average Bonchev–Trinajstić information content (AvgIpc) is 2.74. The van der Waals surface area contributed by atoms with Crippen LogP contribution in [0, 0.1) is 5.92 Å². The SMILES string of the molecule is CCOC(=O)N(C)c1ccc(NC(=O)C2CCN(C(=O)N(CC)CC)CC2)cc1. The zero-order valence-electron chi connectivity index (χ0n) is 17.8. The zero-order valence-corrected chi connectivity index (χ0v) is 17.8. The minimum atomic E-state index is -0.421. The van der Waals surface area contributed by atoms with Crippen molar-refractivity contribution in [2.75, 3.05) is 50.1 Å². The molecule has 1 aromatic rings. The van der Waals surface area contributed by atoms with Gasteiger partial charge in [-0.3, -0.25) is 9.69 Å². The van der Waals surface area contributed by atoms with Crippen LogP contribution in [-0.2, 0) is 9.53 Å². The normalized spacial score (nSPS) is 14.3. The molecule has 160 valence electrons. The van der Waals surface area contributed by atoms with Crippen LogP contribution in [0.2, 0.25) is 0 Å². The molecule has 4 amide bonds. The maximum atomic E-state index is 12.6. The molecule has 0 unspecified atom stereocenters. The second-order valence-electron chi connectivity index (χ2n) is 7.01. The first-order valence-corrected chi connectivity index (χ1v) is 10.3. The molecular weight excluding hydrogens is 372 g/mol. The van der Waals surface area contributed by atoms with E-state index in [9.17, 15) is 14.4 Å². The van der Waals surface area contributed by atoms with Gasteiger partial charge in [0.05, 0.1) is 6.61 Å². The van der Waals surface area contributed by atoms with Crippen LogP contribution < -0.4 is 10.2 Å². The molecular formula is C21H32N4O4. The van der Waals surface area contributed by atoms with Crippen LogP contribution in [0.1, 0.15) is 33.6 Å². The second-order valence-corrected chi connectivity index (χ2v) is 7.01. The van der Waals surface area contributed by atoms with E-state index in [1.165, 1.54) is 4.90 Å². The molecule has 1 aliphatic heterocycles. The Labute approximate surface area is 172 Å². The summed E-state index contributed by atoms with van der Waals surface area (Å²) in [6.07, 6.45) is 0.890. The third-order valence-electron chi connectivity index (χ3n) is 5.23. The van der Waals surface area contributed by atoms with Crippen molar-refractivity contribution in [1.29, 1.82) is 0 Å². The van der Waals surface area contributed by atoms with E-state index in [1.54, 1.807) is 43.1 Å². The smallest absolute Gasteiger partial charge is 0.413 e. The molecule has 0 aliphatic carbocycles. The van der Waals surface area contributed by atoms with Gasteiger partial charge >= 0.3 is 12.1 Å². The van der Waals surface area contributed by atoms with Gasteiger partial charge in [-0.25, -0.2) is 9.59 Å². The maximum absolute atomic E-state index is 12.6. The van der Waals surface area contributed by atoms with Crippen LogP contribution in [0.5, 0.6) is 0 Å². The molecule has 0 atom stereocenters. The highest BCUT2D eigenvalue weighted by Gasteiger charge is 2.29. The summed E-state index contributed by atoms with van der Waals surface area (Å²) in [4.78, 5) is 41.8. The fourth-order valence-corrected chi connectivity index (χ4v) is 3.37. The van der Waals surface area contributed by atoms with Gasteiger partial charge in [-0.1, -0.05) is 0 Å². The third-order valence-corrected chi connectivity index (χ3v) is 5.23. The number of nitrogens with one attached hydrogen (secondary N) is 1. The number of amides is 4. The van der Waals surface area contributed by atoms with Crippen molar-refractivity contribution in [2.45, 2.75) is 33.6 Å². The Kier molecular flexibility index (Phi) is 8.30. The number of nitrogens with zero attached hydrogens (tertiary/aromatic N) is 3. The molecule has 0 bridgehead atoms. The Balaban J connectivity index is 1.87. The number of hydrogen-bond acceptors (Lipinski definition) is 4. The van der Waals surface area contributed by atoms with E-state index < -0.39 is 6.09 Å². The number of ether oxygens (including phenoxy) is 1. The molecule has 1 aromatic carbocycles. The molecule has 29 heavy (non-hydrogen) atoms. The van der Waals surface area contributed by atoms with Gasteiger partial charge < -0.3 is 19.9 Å². The van der Waals surface area contributed by atoms with Crippen LogP contribution in [0.4, 0.5) is 21.0 Å². The molecule has 2 rings (SSSR count). The summed E-state index contributed by atoms with van der Waals surface area (Å²) in [5, 5.41) is 2.93. The molecule has 0 radical (unpaired) electrons. The third kappa shape index (κ3) is 5.85. The molecule has 1 fully saturated rings. The quantitative estimate of drug-likeness (QED) is 0.788. The van der Waals surface area contributed by atoms with E-state index >= 15 is 0 Å². The summed E-state index contributed by atoms with van der Waals surface area (Å²) in [5.74, 6) is -0.149. The number of carbonyl (C=O) groups is 3. The lowest BCUT2D eigenvalue weighted by Crippen LogP contribution is -2.47. The maximum Gasteiger partial charge on any atom is 0.413 e. The van der Waals surface area contributed by atoms with Crippen LogP contribution in [-0.4, -0.2) is 67.7 Å². The van der Waals surface area contributed by atoms with Gasteiger partial charge in [-0.2, -0.15) is 0 Å². The molecule has 0 spiro atoms. The highest BCUT2D eigenvalue weighted by molar-refractivity contribution is 5.93. The molecule has 1 aliphatic rings. The number of likely N-dealkylation sites (tertiary alicyclic amines) is 1. The lowest BCUT2D eigenvalue weighted by atomic mass is 9.96. The fourth-order valence-electron chi connectivity index (χ4n) is 3.37. The average molecular weight is 405 g/mol. The van der Waals surface area contributed by atoms with E-state index in [2.05, 4.69) is 5.32 Å². The highest BCUT2D eigenvalue weighted by atomic mass is 16.6. The topological polar surface area (TPSA) is 82.2 Å². The summed E-state index contributed by atoms with van der Waals surface area (Å²) >= 11 is 0. The number of rotatable bonds is 6. The van der Waals surface area contributed by atoms with E-state index in [-0.39, 0.29) is 17.9 Å². The molecule has 1 N–H and O–H groups in total. The van der Waals surface area contributed by atoms with Crippen LogP contribution in [0.15, 0.2) is 24.3 Å². The zero-order chi connectivity index (χ0) is 21.4. The van der Waals surface area contributed by atoms with Crippen molar-refractivity contribution in [1.82, 2.24) is 9.80 Å². The predicted molar refractivity (Wildman–Crippen MR) is 113 cm³/mol. The number of anilines is 2. The number of benzene rings is 1.